The molecule has 11 heteroatoms. The van der Waals surface area contributed by atoms with Crippen molar-refractivity contribution in [1.82, 2.24) is 5.32 Å². The fraction of sp³-hybridized carbons (Fsp3) is 0.429. The van der Waals surface area contributed by atoms with Crippen molar-refractivity contribution >= 4 is 35.1 Å². The molecule has 0 unspecified atom stereocenters. The number of carboxylic acid groups (broad SMARTS) is 1. The number of rotatable bonds is 9. The van der Waals surface area contributed by atoms with Crippen LogP contribution in [0, 0.1) is 11.3 Å². The monoisotopic (exact) mass is 559 g/mol. The SMILES string of the molecule is CCC(C)(C)NC(=O)c1ccc(Cl)cc1NC(=O)c1cc(OC2CCC(F)(C(=O)O)CC2)c(C#N)cc1OC. The van der Waals surface area contributed by atoms with Gasteiger partial charge in [0.2, 0.25) is 5.67 Å². The van der Waals surface area contributed by atoms with Crippen LogP contribution in [0.15, 0.2) is 30.3 Å². The van der Waals surface area contributed by atoms with Crippen molar-refractivity contribution in [1.29, 1.82) is 5.26 Å². The van der Waals surface area contributed by atoms with Gasteiger partial charge in [-0.15, -0.1) is 0 Å². The molecule has 0 saturated heterocycles. The summed E-state index contributed by atoms with van der Waals surface area (Å²) in [5, 5.41) is 24.7. The number of hydrogen-bond donors (Lipinski definition) is 3. The molecule has 0 heterocycles. The summed E-state index contributed by atoms with van der Waals surface area (Å²) >= 11 is 6.16. The average molecular weight is 560 g/mol. The van der Waals surface area contributed by atoms with Crippen molar-refractivity contribution in [3.8, 4) is 17.6 Å². The van der Waals surface area contributed by atoms with Gasteiger partial charge in [-0.2, -0.15) is 5.26 Å². The Kier molecular flexibility index (Phi) is 9.07. The van der Waals surface area contributed by atoms with Gasteiger partial charge in [-0.1, -0.05) is 18.5 Å². The number of carbonyl (C=O) groups excluding carboxylic acids is 2. The molecule has 39 heavy (non-hydrogen) atoms. The van der Waals surface area contributed by atoms with Gasteiger partial charge in [-0.05, 0) is 70.2 Å². The minimum atomic E-state index is -2.31. The Hall–Kier alpha value is -3.84. The summed E-state index contributed by atoms with van der Waals surface area (Å²) in [6.45, 7) is 5.70. The molecule has 3 N–H and O–H groups in total. The maximum Gasteiger partial charge on any atom is 0.341 e. The highest BCUT2D eigenvalue weighted by molar-refractivity contribution is 6.31. The predicted octanol–water partition coefficient (Wildman–Crippen LogP) is 5.51. The number of carboxylic acids is 1. The third kappa shape index (κ3) is 6.98. The number of benzene rings is 2. The van der Waals surface area contributed by atoms with E-state index in [4.69, 9.17) is 26.2 Å². The van der Waals surface area contributed by atoms with Crippen LogP contribution in [0.2, 0.25) is 5.02 Å². The van der Waals surface area contributed by atoms with E-state index in [9.17, 15) is 24.0 Å². The van der Waals surface area contributed by atoms with E-state index in [0.29, 0.717) is 11.4 Å². The van der Waals surface area contributed by atoms with Crippen LogP contribution in [0.3, 0.4) is 0 Å². The number of halogens is 2. The van der Waals surface area contributed by atoms with Crippen molar-refractivity contribution in [2.24, 2.45) is 0 Å². The number of hydrogen-bond acceptors (Lipinski definition) is 6. The Morgan fingerprint density at radius 2 is 1.82 bits per heavy atom. The normalized spacial score (nSPS) is 18.9. The number of amides is 2. The summed E-state index contributed by atoms with van der Waals surface area (Å²) in [5.74, 6) is -2.39. The second-order valence-electron chi connectivity index (χ2n) is 10.1. The molecule has 0 spiro atoms. The van der Waals surface area contributed by atoms with E-state index < -0.39 is 35.1 Å². The lowest BCUT2D eigenvalue weighted by Gasteiger charge is -2.31. The summed E-state index contributed by atoms with van der Waals surface area (Å²) in [4.78, 5) is 37.6. The summed E-state index contributed by atoms with van der Waals surface area (Å²) in [6, 6.07) is 9.18. The molecule has 208 valence electrons. The van der Waals surface area contributed by atoms with Crippen molar-refractivity contribution in [2.45, 2.75) is 70.2 Å². The minimum Gasteiger partial charge on any atom is -0.496 e. The Balaban J connectivity index is 1.90. The number of alkyl halides is 1. The van der Waals surface area contributed by atoms with Crippen LogP contribution in [-0.4, -0.2) is 47.3 Å². The molecule has 2 aromatic rings. The topological polar surface area (TPSA) is 138 Å². The van der Waals surface area contributed by atoms with Gasteiger partial charge in [-0.25, -0.2) is 9.18 Å². The predicted molar refractivity (Wildman–Crippen MR) is 143 cm³/mol. The van der Waals surface area contributed by atoms with E-state index in [1.54, 1.807) is 6.07 Å². The van der Waals surface area contributed by atoms with Gasteiger partial charge in [0.1, 0.15) is 17.6 Å². The minimum absolute atomic E-state index is 0.0212. The van der Waals surface area contributed by atoms with Crippen LogP contribution >= 0.6 is 11.6 Å². The zero-order valence-electron chi connectivity index (χ0n) is 22.2. The molecule has 0 atom stereocenters. The molecule has 9 nitrogen and oxygen atoms in total. The van der Waals surface area contributed by atoms with Gasteiger partial charge in [0.05, 0.1) is 35.6 Å². The van der Waals surface area contributed by atoms with Gasteiger partial charge in [0.25, 0.3) is 11.8 Å². The van der Waals surface area contributed by atoms with Crippen LogP contribution < -0.4 is 20.1 Å². The lowest BCUT2D eigenvalue weighted by atomic mass is 9.85. The lowest BCUT2D eigenvalue weighted by molar-refractivity contribution is -0.154. The third-order valence-corrected chi connectivity index (χ3v) is 7.11. The number of nitrogens with zero attached hydrogens (tertiary/aromatic N) is 1. The number of anilines is 1. The highest BCUT2D eigenvalue weighted by atomic mass is 35.5. The molecule has 2 amide bonds. The van der Waals surface area contributed by atoms with Crippen molar-refractivity contribution in [3.63, 3.8) is 0 Å². The fourth-order valence-corrected chi connectivity index (χ4v) is 4.29. The van der Waals surface area contributed by atoms with Crippen LogP contribution in [0.4, 0.5) is 10.1 Å². The van der Waals surface area contributed by atoms with Crippen molar-refractivity contribution < 1.29 is 33.4 Å². The lowest BCUT2D eigenvalue weighted by Crippen LogP contribution is -2.43. The fourth-order valence-electron chi connectivity index (χ4n) is 4.12. The van der Waals surface area contributed by atoms with E-state index in [1.165, 1.54) is 31.4 Å². The number of nitrogens with one attached hydrogen (secondary N) is 2. The molecule has 2 aromatic carbocycles. The summed E-state index contributed by atoms with van der Waals surface area (Å²) in [5.41, 5.74) is -2.31. The average Bonchev–Trinajstić information content (AvgIpc) is 2.89. The van der Waals surface area contributed by atoms with Crippen LogP contribution in [0.25, 0.3) is 0 Å². The molecular formula is C28H31ClFN3O6. The molecule has 1 aliphatic carbocycles. The largest absolute Gasteiger partial charge is 0.496 e. The first kappa shape index (κ1) is 29.7. The van der Waals surface area contributed by atoms with Crippen molar-refractivity contribution in [2.75, 3.05) is 12.4 Å². The van der Waals surface area contributed by atoms with E-state index >= 15 is 0 Å². The standard InChI is InChI=1S/C28H31ClFN3O6/c1-5-27(2,3)33-25(35)19-7-6-17(29)13-21(19)32-24(34)20-14-22(16(15-31)12-23(20)38-4)39-18-8-10-28(30,11-9-18)26(36)37/h6-7,12-14,18H,5,8-11H2,1-4H3,(H,32,34)(H,33,35)(H,36,37). The summed E-state index contributed by atoms with van der Waals surface area (Å²) < 4.78 is 25.7. The maximum absolute atomic E-state index is 14.4. The number of methoxy groups -OCH3 is 1. The Bertz CT molecular complexity index is 1320. The highest BCUT2D eigenvalue weighted by Gasteiger charge is 2.43. The van der Waals surface area contributed by atoms with Gasteiger partial charge >= 0.3 is 5.97 Å². The first-order valence-electron chi connectivity index (χ1n) is 12.5. The molecule has 1 aliphatic rings. The van der Waals surface area contributed by atoms with E-state index in [1.807, 2.05) is 26.8 Å². The second kappa shape index (κ2) is 11.9. The van der Waals surface area contributed by atoms with Crippen LogP contribution in [0.5, 0.6) is 11.5 Å². The summed E-state index contributed by atoms with van der Waals surface area (Å²) in [6.07, 6.45) is -0.0791. The Morgan fingerprint density at radius 1 is 1.15 bits per heavy atom. The van der Waals surface area contributed by atoms with Gasteiger partial charge in [-0.3, -0.25) is 9.59 Å². The molecule has 3 rings (SSSR count). The van der Waals surface area contributed by atoms with Crippen LogP contribution in [-0.2, 0) is 4.79 Å². The first-order valence-corrected chi connectivity index (χ1v) is 12.8. The molecular weight excluding hydrogens is 529 g/mol. The van der Waals surface area contributed by atoms with E-state index in [0.717, 1.165) is 0 Å². The molecule has 0 aromatic heterocycles. The summed E-state index contributed by atoms with van der Waals surface area (Å²) in [7, 11) is 1.34. The number of aliphatic carboxylic acids is 1. The first-order chi connectivity index (χ1) is 18.3. The Labute approximate surface area is 231 Å². The highest BCUT2D eigenvalue weighted by Crippen LogP contribution is 2.36. The Morgan fingerprint density at radius 3 is 2.38 bits per heavy atom. The molecule has 1 saturated carbocycles. The smallest absolute Gasteiger partial charge is 0.341 e. The number of ether oxygens (including phenoxy) is 2. The molecule has 0 radical (unpaired) electrons. The van der Waals surface area contributed by atoms with E-state index in [-0.39, 0.29) is 59.6 Å². The molecule has 0 bridgehead atoms. The number of nitriles is 1. The second-order valence-corrected chi connectivity index (χ2v) is 10.5. The van der Waals surface area contributed by atoms with Gasteiger partial charge < -0.3 is 25.2 Å². The molecule has 0 aliphatic heterocycles. The molecule has 1 fully saturated rings. The number of carbonyl (C=O) groups is 3. The van der Waals surface area contributed by atoms with Crippen molar-refractivity contribution in [3.05, 3.63) is 52.0 Å². The van der Waals surface area contributed by atoms with Gasteiger partial charge in [0, 0.05) is 16.6 Å². The maximum atomic E-state index is 14.4. The van der Waals surface area contributed by atoms with Crippen LogP contribution in [0.1, 0.15) is 79.2 Å². The quantitative estimate of drug-likeness (QED) is 0.368. The van der Waals surface area contributed by atoms with E-state index in [2.05, 4.69) is 10.6 Å². The third-order valence-electron chi connectivity index (χ3n) is 6.88. The zero-order chi connectivity index (χ0) is 29.0. The van der Waals surface area contributed by atoms with Gasteiger partial charge in [0.15, 0.2) is 0 Å². The zero-order valence-corrected chi connectivity index (χ0v) is 22.9.